The van der Waals surface area contributed by atoms with E-state index in [0.29, 0.717) is 18.4 Å². The molecule has 1 aromatic carbocycles. The lowest BCUT2D eigenvalue weighted by atomic mass is 9.84. The number of ether oxygens (including phenoxy) is 1. The van der Waals surface area contributed by atoms with Gasteiger partial charge in [0, 0.05) is 18.2 Å². The summed E-state index contributed by atoms with van der Waals surface area (Å²) < 4.78 is 5.12. The van der Waals surface area contributed by atoms with Crippen molar-refractivity contribution in [3.05, 3.63) is 39.9 Å². The third kappa shape index (κ3) is 5.44. The Morgan fingerprint density at radius 3 is 2.85 bits per heavy atom. The lowest BCUT2D eigenvalue weighted by molar-refractivity contribution is -0.384. The summed E-state index contributed by atoms with van der Waals surface area (Å²) in [6.45, 7) is -0.176. The molecule has 0 heterocycles. The van der Waals surface area contributed by atoms with Crippen LogP contribution < -0.4 is 10.6 Å². The van der Waals surface area contributed by atoms with Crippen molar-refractivity contribution in [3.63, 3.8) is 0 Å². The van der Waals surface area contributed by atoms with Gasteiger partial charge >= 0.3 is 6.09 Å². The zero-order valence-electron chi connectivity index (χ0n) is 14.1. The highest BCUT2D eigenvalue weighted by atomic mass is 16.6. The molecule has 9 nitrogen and oxygen atoms in total. The van der Waals surface area contributed by atoms with Crippen LogP contribution in [0.3, 0.4) is 0 Å². The Bertz CT molecular complexity index is 715. The third-order valence-electron chi connectivity index (χ3n) is 4.24. The number of carbonyl (C=O) groups is 2. The topological polar surface area (TPSA) is 134 Å². The maximum Gasteiger partial charge on any atom is 0.407 e. The summed E-state index contributed by atoms with van der Waals surface area (Å²) in [6.07, 6.45) is 2.37. The minimum Gasteiger partial charge on any atom is -0.445 e. The van der Waals surface area contributed by atoms with Gasteiger partial charge in [-0.2, -0.15) is 5.26 Å². The van der Waals surface area contributed by atoms with Crippen LogP contribution in [-0.4, -0.2) is 29.5 Å². The second-order valence-electron chi connectivity index (χ2n) is 6.02. The summed E-state index contributed by atoms with van der Waals surface area (Å²) in [5.41, 5.74) is 0.425. The van der Waals surface area contributed by atoms with Gasteiger partial charge in [0.2, 0.25) is 5.91 Å². The van der Waals surface area contributed by atoms with Crippen LogP contribution in [0.25, 0.3) is 0 Å². The van der Waals surface area contributed by atoms with Crippen molar-refractivity contribution < 1.29 is 19.2 Å². The average Bonchev–Trinajstić information content (AvgIpc) is 2.65. The van der Waals surface area contributed by atoms with Gasteiger partial charge in [0.25, 0.3) is 5.69 Å². The first-order valence-electron chi connectivity index (χ1n) is 8.32. The highest BCUT2D eigenvalue weighted by molar-refractivity contribution is 5.80. The number of carbonyl (C=O) groups excluding carboxylic acids is 2. The Hall–Kier alpha value is -3.15. The number of nitro groups is 1. The van der Waals surface area contributed by atoms with Crippen LogP contribution in [0.2, 0.25) is 0 Å². The summed E-state index contributed by atoms with van der Waals surface area (Å²) in [6, 6.07) is 7.33. The molecule has 2 N–H and O–H groups in total. The van der Waals surface area contributed by atoms with Gasteiger partial charge in [0.15, 0.2) is 0 Å². The molecule has 1 aliphatic carbocycles. The second kappa shape index (κ2) is 9.36. The van der Waals surface area contributed by atoms with Gasteiger partial charge in [0.05, 0.1) is 16.9 Å². The maximum absolute atomic E-state index is 12.1. The molecule has 0 radical (unpaired) electrons. The molecule has 0 saturated heterocycles. The molecule has 138 valence electrons. The molecule has 2 amide bonds. The number of alkyl carbamates (subject to hydrolysis) is 1. The van der Waals surface area contributed by atoms with E-state index in [4.69, 9.17) is 10.00 Å². The third-order valence-corrected chi connectivity index (χ3v) is 4.24. The van der Waals surface area contributed by atoms with E-state index in [1.807, 2.05) is 6.07 Å². The van der Waals surface area contributed by atoms with E-state index >= 15 is 0 Å². The van der Waals surface area contributed by atoms with E-state index in [1.165, 1.54) is 18.2 Å². The van der Waals surface area contributed by atoms with Gasteiger partial charge < -0.3 is 15.4 Å². The molecule has 2 atom stereocenters. The SMILES string of the molecule is N#CCNC(=O)[C@H]1CCCC[C@H]1NC(=O)OCc1cccc([N+](=O)[O-])c1. The minimum atomic E-state index is -0.679. The molecule has 0 unspecified atom stereocenters. The predicted octanol–water partition coefficient (Wildman–Crippen LogP) is 2.02. The highest BCUT2D eigenvalue weighted by Gasteiger charge is 2.32. The van der Waals surface area contributed by atoms with Gasteiger partial charge in [-0.05, 0) is 18.4 Å². The molecule has 0 bridgehead atoms. The Morgan fingerprint density at radius 2 is 2.12 bits per heavy atom. The fourth-order valence-corrected chi connectivity index (χ4v) is 2.98. The Kier molecular flexibility index (Phi) is 6.91. The molecule has 0 aromatic heterocycles. The van der Waals surface area contributed by atoms with Crippen molar-refractivity contribution >= 4 is 17.7 Å². The smallest absolute Gasteiger partial charge is 0.407 e. The molecule has 9 heteroatoms. The number of non-ortho nitro benzene ring substituents is 1. The molecule has 26 heavy (non-hydrogen) atoms. The molecular weight excluding hydrogens is 340 g/mol. The predicted molar refractivity (Wildman–Crippen MR) is 90.8 cm³/mol. The summed E-state index contributed by atoms with van der Waals surface area (Å²) in [7, 11) is 0. The normalized spacial score (nSPS) is 19.0. The number of hydrogen-bond acceptors (Lipinski definition) is 6. The largest absolute Gasteiger partial charge is 0.445 e. The van der Waals surface area contributed by atoms with Crippen LogP contribution in [0.15, 0.2) is 24.3 Å². The van der Waals surface area contributed by atoms with Gasteiger partial charge in [-0.3, -0.25) is 14.9 Å². The number of amides is 2. The molecule has 2 rings (SSSR count). The first-order chi connectivity index (χ1) is 12.5. The van der Waals surface area contributed by atoms with E-state index < -0.39 is 16.9 Å². The zero-order chi connectivity index (χ0) is 18.9. The Balaban J connectivity index is 1.89. The molecule has 0 spiro atoms. The molecular formula is C17H20N4O5. The van der Waals surface area contributed by atoms with Gasteiger partial charge in [-0.1, -0.05) is 25.0 Å². The lowest BCUT2D eigenvalue weighted by Gasteiger charge is -2.30. The number of rotatable bonds is 6. The highest BCUT2D eigenvalue weighted by Crippen LogP contribution is 2.25. The van der Waals surface area contributed by atoms with E-state index in [1.54, 1.807) is 6.07 Å². The van der Waals surface area contributed by atoms with Crippen molar-refractivity contribution in [3.8, 4) is 6.07 Å². The lowest BCUT2D eigenvalue weighted by Crippen LogP contribution is -2.48. The first kappa shape index (κ1) is 19.2. The molecule has 1 saturated carbocycles. The van der Waals surface area contributed by atoms with Crippen molar-refractivity contribution in [1.29, 1.82) is 5.26 Å². The van der Waals surface area contributed by atoms with Crippen molar-refractivity contribution in [2.45, 2.75) is 38.3 Å². The zero-order valence-corrected chi connectivity index (χ0v) is 14.1. The number of nitro benzene ring substituents is 1. The van der Waals surface area contributed by atoms with E-state index in [-0.39, 0.29) is 30.8 Å². The minimum absolute atomic E-state index is 0.0702. The maximum atomic E-state index is 12.1. The molecule has 0 aliphatic heterocycles. The fourth-order valence-electron chi connectivity index (χ4n) is 2.98. The van der Waals surface area contributed by atoms with E-state index in [0.717, 1.165) is 12.8 Å². The van der Waals surface area contributed by atoms with Gasteiger partial charge in [-0.25, -0.2) is 4.79 Å². The summed E-state index contributed by atoms with van der Waals surface area (Å²) >= 11 is 0. The summed E-state index contributed by atoms with van der Waals surface area (Å²) in [4.78, 5) is 34.4. The quantitative estimate of drug-likeness (QED) is 0.453. The monoisotopic (exact) mass is 360 g/mol. The Morgan fingerprint density at radius 1 is 1.35 bits per heavy atom. The number of nitrogens with one attached hydrogen (secondary N) is 2. The number of nitriles is 1. The summed E-state index contributed by atoms with van der Waals surface area (Å²) in [5.74, 6) is -0.655. The average molecular weight is 360 g/mol. The fraction of sp³-hybridized carbons (Fsp3) is 0.471. The standard InChI is InChI=1S/C17H20N4O5/c18-8-9-19-16(22)14-6-1-2-7-15(14)20-17(23)26-11-12-4-3-5-13(10-12)21(24)25/h3-5,10,14-15H,1-2,6-7,9,11H2,(H,19,22)(H,20,23)/t14-,15+/m0/s1. The van der Waals surface area contributed by atoms with Crippen LogP contribution in [0.5, 0.6) is 0 Å². The number of hydrogen-bond donors (Lipinski definition) is 2. The van der Waals surface area contributed by atoms with E-state index in [2.05, 4.69) is 10.6 Å². The first-order valence-corrected chi connectivity index (χ1v) is 8.32. The molecule has 1 aliphatic rings. The van der Waals surface area contributed by atoms with E-state index in [9.17, 15) is 19.7 Å². The van der Waals surface area contributed by atoms with Crippen LogP contribution in [0.1, 0.15) is 31.2 Å². The van der Waals surface area contributed by atoms with Gasteiger partial charge in [-0.15, -0.1) is 0 Å². The molecule has 1 fully saturated rings. The van der Waals surface area contributed by atoms with Gasteiger partial charge in [0.1, 0.15) is 13.2 Å². The summed E-state index contributed by atoms with van der Waals surface area (Å²) in [5, 5.41) is 24.5. The number of benzene rings is 1. The Labute approximate surface area is 150 Å². The second-order valence-corrected chi connectivity index (χ2v) is 6.02. The number of nitrogens with zero attached hydrogens (tertiary/aromatic N) is 2. The van der Waals surface area contributed by atoms with Crippen LogP contribution >= 0.6 is 0 Å². The molecule has 1 aromatic rings. The van der Waals surface area contributed by atoms with Crippen molar-refractivity contribution in [2.24, 2.45) is 5.92 Å². The van der Waals surface area contributed by atoms with Crippen molar-refractivity contribution in [2.75, 3.05) is 6.54 Å². The van der Waals surface area contributed by atoms with Crippen LogP contribution in [0, 0.1) is 27.4 Å². The van der Waals surface area contributed by atoms with Crippen molar-refractivity contribution in [1.82, 2.24) is 10.6 Å². The van der Waals surface area contributed by atoms with Crippen LogP contribution in [-0.2, 0) is 16.1 Å². The van der Waals surface area contributed by atoms with Crippen LogP contribution in [0.4, 0.5) is 10.5 Å².